The molecule has 35 heavy (non-hydrogen) atoms. The number of nitrogens with one attached hydrogen (secondary N) is 1. The third-order valence-corrected chi connectivity index (χ3v) is 7.04. The number of allylic oxidation sites excluding steroid dienone is 1. The van der Waals surface area contributed by atoms with Gasteiger partial charge in [0.15, 0.2) is 5.65 Å². The number of hydrogen-bond acceptors (Lipinski definition) is 5. The molecule has 1 fully saturated rings. The van der Waals surface area contributed by atoms with Crippen LogP contribution >= 0.6 is 0 Å². The van der Waals surface area contributed by atoms with Gasteiger partial charge in [-0.25, -0.2) is 13.9 Å². The summed E-state index contributed by atoms with van der Waals surface area (Å²) in [6.45, 7) is 6.12. The van der Waals surface area contributed by atoms with E-state index in [1.54, 1.807) is 19.3 Å². The van der Waals surface area contributed by atoms with Crippen molar-refractivity contribution in [1.82, 2.24) is 29.3 Å². The number of aromatic nitrogens is 5. The predicted octanol–water partition coefficient (Wildman–Crippen LogP) is 5.23. The Morgan fingerprint density at radius 3 is 2.71 bits per heavy atom. The number of hydrogen-bond donors (Lipinski definition) is 1. The van der Waals surface area contributed by atoms with E-state index in [0.717, 1.165) is 59.8 Å². The average molecular weight is 474 g/mol. The summed E-state index contributed by atoms with van der Waals surface area (Å²) >= 11 is 0. The van der Waals surface area contributed by atoms with E-state index in [4.69, 9.17) is 5.10 Å². The predicted molar refractivity (Wildman–Crippen MR) is 138 cm³/mol. The molecule has 4 aromatic rings. The monoisotopic (exact) mass is 473 g/mol. The number of likely N-dealkylation sites (tertiary alicyclic amines) is 1. The van der Waals surface area contributed by atoms with E-state index in [-0.39, 0.29) is 11.7 Å². The van der Waals surface area contributed by atoms with Gasteiger partial charge in [-0.05, 0) is 75.3 Å². The van der Waals surface area contributed by atoms with Crippen LogP contribution in [0, 0.1) is 5.82 Å². The molecule has 0 aliphatic carbocycles. The van der Waals surface area contributed by atoms with Crippen LogP contribution in [-0.2, 0) is 0 Å². The standard InChI is InChI=1S/C27H32FN7/c1-5-6-19-13-22(23(28)14-25(19)29-3)18(2)26-16-30-27-8-7-24(32-35(26)27)20-15-31-34(17-20)21-9-11-33(4)12-10-21/h5-8,13-18,21,29H,9-12H2,1-4H3/b6-5-. The fraction of sp³-hybridized carbons (Fsp3) is 0.370. The van der Waals surface area contributed by atoms with Gasteiger partial charge in [0.2, 0.25) is 0 Å². The van der Waals surface area contributed by atoms with Gasteiger partial charge in [-0.3, -0.25) is 4.68 Å². The highest BCUT2D eigenvalue weighted by atomic mass is 19.1. The molecule has 1 aliphatic rings. The van der Waals surface area contributed by atoms with Crippen LogP contribution in [0.15, 0.2) is 48.9 Å². The van der Waals surface area contributed by atoms with Crippen molar-refractivity contribution in [2.24, 2.45) is 0 Å². The van der Waals surface area contributed by atoms with Crippen LogP contribution in [0.2, 0.25) is 0 Å². The van der Waals surface area contributed by atoms with Crippen molar-refractivity contribution in [2.75, 3.05) is 32.5 Å². The van der Waals surface area contributed by atoms with Gasteiger partial charge in [-0.15, -0.1) is 0 Å². The lowest BCUT2D eigenvalue weighted by Gasteiger charge is -2.28. The smallest absolute Gasteiger partial charge is 0.153 e. The first-order valence-electron chi connectivity index (χ1n) is 12.2. The van der Waals surface area contributed by atoms with Gasteiger partial charge in [-0.1, -0.05) is 19.1 Å². The van der Waals surface area contributed by atoms with Crippen LogP contribution in [0.25, 0.3) is 23.0 Å². The molecule has 1 saturated heterocycles. The summed E-state index contributed by atoms with van der Waals surface area (Å²) in [6, 6.07) is 7.81. The second kappa shape index (κ2) is 9.62. The molecule has 3 aromatic heterocycles. The molecule has 1 aliphatic heterocycles. The van der Waals surface area contributed by atoms with Gasteiger partial charge in [-0.2, -0.15) is 10.2 Å². The third kappa shape index (κ3) is 4.46. The van der Waals surface area contributed by atoms with Crippen molar-refractivity contribution in [3.05, 3.63) is 71.6 Å². The normalized spacial score (nSPS) is 16.4. The van der Waals surface area contributed by atoms with Gasteiger partial charge >= 0.3 is 0 Å². The van der Waals surface area contributed by atoms with Crippen molar-refractivity contribution >= 4 is 17.4 Å². The summed E-state index contributed by atoms with van der Waals surface area (Å²) in [5, 5.41) is 12.6. The van der Waals surface area contributed by atoms with Gasteiger partial charge in [0.05, 0.1) is 29.8 Å². The highest BCUT2D eigenvalue weighted by molar-refractivity contribution is 5.68. The van der Waals surface area contributed by atoms with Crippen LogP contribution in [0.5, 0.6) is 0 Å². The maximum absolute atomic E-state index is 15.1. The average Bonchev–Trinajstić information content (AvgIpc) is 3.52. The Kier molecular flexibility index (Phi) is 6.38. The van der Waals surface area contributed by atoms with E-state index in [1.165, 1.54) is 0 Å². The maximum Gasteiger partial charge on any atom is 0.153 e. The van der Waals surface area contributed by atoms with Gasteiger partial charge in [0.25, 0.3) is 0 Å². The Labute approximate surface area is 205 Å². The van der Waals surface area contributed by atoms with Crippen molar-refractivity contribution < 1.29 is 4.39 Å². The molecular formula is C27H32FN7. The summed E-state index contributed by atoms with van der Waals surface area (Å²) in [5.74, 6) is -0.481. The van der Waals surface area contributed by atoms with Gasteiger partial charge in [0, 0.05) is 30.4 Å². The number of rotatable bonds is 6. The first-order valence-corrected chi connectivity index (χ1v) is 12.2. The first kappa shape index (κ1) is 23.2. The lowest BCUT2D eigenvalue weighted by atomic mass is 9.94. The summed E-state index contributed by atoms with van der Waals surface area (Å²) < 4.78 is 19.0. The van der Waals surface area contributed by atoms with Crippen LogP contribution in [0.4, 0.5) is 10.1 Å². The van der Waals surface area contributed by atoms with Crippen LogP contribution in [0.1, 0.15) is 55.5 Å². The Hall–Kier alpha value is -3.52. The second-order valence-corrected chi connectivity index (χ2v) is 9.35. The highest BCUT2D eigenvalue weighted by Gasteiger charge is 2.22. The zero-order valence-corrected chi connectivity index (χ0v) is 20.7. The fourth-order valence-corrected chi connectivity index (χ4v) is 4.90. The van der Waals surface area contributed by atoms with Crippen molar-refractivity contribution in [3.8, 4) is 11.3 Å². The van der Waals surface area contributed by atoms with E-state index in [2.05, 4.69) is 38.2 Å². The molecule has 4 heterocycles. The lowest BCUT2D eigenvalue weighted by Crippen LogP contribution is -2.31. The fourth-order valence-electron chi connectivity index (χ4n) is 4.90. The minimum absolute atomic E-state index is 0.232. The number of benzene rings is 1. The van der Waals surface area contributed by atoms with E-state index >= 15 is 4.39 Å². The SMILES string of the molecule is C/C=C\c1cc(C(C)c2cnc3ccc(-c4cnn(C5CCN(C)CC5)c4)nn23)c(F)cc1NC. The zero-order chi connectivity index (χ0) is 24.5. The third-order valence-electron chi connectivity index (χ3n) is 7.04. The molecular weight excluding hydrogens is 441 g/mol. The summed E-state index contributed by atoms with van der Waals surface area (Å²) in [5.41, 5.74) is 5.69. The van der Waals surface area contributed by atoms with E-state index < -0.39 is 0 Å². The molecule has 1 atom stereocenters. The molecule has 0 bridgehead atoms. The van der Waals surface area contributed by atoms with Gasteiger partial charge in [0.1, 0.15) is 5.82 Å². The number of imidazole rings is 1. The minimum Gasteiger partial charge on any atom is -0.388 e. The summed E-state index contributed by atoms with van der Waals surface area (Å²) in [7, 11) is 3.96. The Balaban J connectivity index is 1.48. The molecule has 0 radical (unpaired) electrons. The molecule has 8 heteroatoms. The van der Waals surface area contributed by atoms with Crippen molar-refractivity contribution in [2.45, 2.75) is 38.6 Å². The molecule has 5 rings (SSSR count). The highest BCUT2D eigenvalue weighted by Crippen LogP contribution is 2.32. The molecule has 1 aromatic carbocycles. The molecule has 0 amide bonds. The van der Waals surface area contributed by atoms with E-state index in [1.807, 2.05) is 54.9 Å². The summed E-state index contributed by atoms with van der Waals surface area (Å²) in [6.07, 6.45) is 11.9. The topological polar surface area (TPSA) is 63.3 Å². The largest absolute Gasteiger partial charge is 0.388 e. The Morgan fingerprint density at radius 1 is 1.17 bits per heavy atom. The summed E-state index contributed by atoms with van der Waals surface area (Å²) in [4.78, 5) is 6.89. The second-order valence-electron chi connectivity index (χ2n) is 9.35. The van der Waals surface area contributed by atoms with Crippen LogP contribution in [0.3, 0.4) is 0 Å². The molecule has 182 valence electrons. The lowest BCUT2D eigenvalue weighted by molar-refractivity contribution is 0.212. The molecule has 1 N–H and O–H groups in total. The van der Waals surface area contributed by atoms with Crippen LogP contribution in [-0.4, -0.2) is 56.5 Å². The van der Waals surface area contributed by atoms with Crippen molar-refractivity contribution in [3.63, 3.8) is 0 Å². The number of anilines is 1. The number of piperidine rings is 1. The van der Waals surface area contributed by atoms with Crippen molar-refractivity contribution in [1.29, 1.82) is 0 Å². The minimum atomic E-state index is -0.249. The maximum atomic E-state index is 15.1. The first-order chi connectivity index (χ1) is 17.0. The number of halogens is 1. The molecule has 0 saturated carbocycles. The number of fused-ring (bicyclic) bond motifs is 1. The van der Waals surface area contributed by atoms with E-state index in [9.17, 15) is 0 Å². The molecule has 1 unspecified atom stereocenters. The zero-order valence-electron chi connectivity index (χ0n) is 20.7. The van der Waals surface area contributed by atoms with Gasteiger partial charge < -0.3 is 10.2 Å². The van der Waals surface area contributed by atoms with Crippen LogP contribution < -0.4 is 5.32 Å². The van der Waals surface area contributed by atoms with E-state index in [0.29, 0.717) is 11.6 Å². The Morgan fingerprint density at radius 2 is 1.97 bits per heavy atom. The molecule has 0 spiro atoms. The molecule has 7 nitrogen and oxygen atoms in total. The number of nitrogens with zero attached hydrogens (tertiary/aromatic N) is 6. The Bertz CT molecular complexity index is 1360. The quantitative estimate of drug-likeness (QED) is 0.416.